The summed E-state index contributed by atoms with van der Waals surface area (Å²) in [6.07, 6.45) is 4.85. The number of rotatable bonds is 1. The van der Waals surface area contributed by atoms with E-state index < -0.39 is 0 Å². The molecule has 1 aromatic carbocycles. The summed E-state index contributed by atoms with van der Waals surface area (Å²) in [5, 5.41) is 0. The summed E-state index contributed by atoms with van der Waals surface area (Å²) in [6, 6.07) is 4.97. The van der Waals surface area contributed by atoms with E-state index in [9.17, 15) is 8.78 Å². The largest absolute Gasteiger partial charge is 0.251 e. The van der Waals surface area contributed by atoms with Gasteiger partial charge in [0, 0.05) is 0 Å². The molecule has 0 heterocycles. The van der Waals surface area contributed by atoms with Crippen LogP contribution in [0.25, 0.3) is 0 Å². The van der Waals surface area contributed by atoms with Crippen LogP contribution < -0.4 is 0 Å². The van der Waals surface area contributed by atoms with Crippen molar-refractivity contribution in [1.82, 2.24) is 0 Å². The highest BCUT2D eigenvalue weighted by atomic mass is 19.1. The highest BCUT2D eigenvalue weighted by Crippen LogP contribution is 2.44. The van der Waals surface area contributed by atoms with Gasteiger partial charge in [-0.25, -0.2) is 4.39 Å². The van der Waals surface area contributed by atoms with Gasteiger partial charge in [-0.3, -0.25) is 4.39 Å². The van der Waals surface area contributed by atoms with Crippen LogP contribution in [0.1, 0.15) is 107 Å². The average Bonchev–Trinajstić information content (AvgIpc) is 3.31. The van der Waals surface area contributed by atoms with Crippen LogP contribution in [0.15, 0.2) is 18.2 Å². The third-order valence-electron chi connectivity index (χ3n) is 3.99. The Morgan fingerprint density at radius 3 is 1.56 bits per heavy atom. The second-order valence-corrected chi connectivity index (χ2v) is 9.25. The van der Waals surface area contributed by atoms with Crippen molar-refractivity contribution in [3.8, 4) is 0 Å². The monoisotopic (exact) mass is 386 g/mol. The van der Waals surface area contributed by atoms with E-state index in [0.29, 0.717) is 11.8 Å². The molecule has 0 aromatic heterocycles. The Labute approximate surface area is 170 Å². The normalized spacial score (nSPS) is 12.9. The molecular formula is C25H48F2. The van der Waals surface area contributed by atoms with Crippen LogP contribution in [-0.2, 0) is 5.41 Å². The summed E-state index contributed by atoms with van der Waals surface area (Å²) in [6.45, 7) is 21.2. The zero-order chi connectivity index (χ0) is 21.0. The molecule has 1 aliphatic rings. The van der Waals surface area contributed by atoms with Gasteiger partial charge in [-0.05, 0) is 66.2 Å². The zero-order valence-electron chi connectivity index (χ0n) is 19.1. The number of halogens is 2. The molecule has 2 heteroatoms. The molecule has 1 aliphatic carbocycles. The van der Waals surface area contributed by atoms with Crippen molar-refractivity contribution in [3.05, 3.63) is 35.1 Å². The Balaban J connectivity index is -0.000000327. The van der Waals surface area contributed by atoms with E-state index in [1.807, 2.05) is 13.0 Å². The zero-order valence-corrected chi connectivity index (χ0v) is 19.1. The first-order chi connectivity index (χ1) is 11.8. The maximum atomic E-state index is 12.7. The molecule has 0 nitrogen and oxygen atoms in total. The second kappa shape index (κ2) is 15.1. The lowest BCUT2D eigenvalue weighted by molar-refractivity contribution is 0.351. The molecule has 1 fully saturated rings. The van der Waals surface area contributed by atoms with Crippen LogP contribution in [0, 0.1) is 24.1 Å². The van der Waals surface area contributed by atoms with Crippen molar-refractivity contribution < 1.29 is 8.78 Å². The maximum absolute atomic E-state index is 12.7. The standard InChI is InChI=1S/C11H15F.C7H14.C3H7F.C3H8.CH4/c1-8-7-9(12)5-6-10(8)11(2,3)4;1-7(2,3)6-4-5-6;1-2-3-4;1-3-2;/h5-7H,1-4H3;6H,4-5H2,1-3H3;2-3H2,1H3;3H2,1-2H3;1H4. The number of benzene rings is 1. The minimum Gasteiger partial charge on any atom is -0.251 e. The fraction of sp³-hybridized carbons (Fsp3) is 0.760. The first-order valence-electron chi connectivity index (χ1n) is 10.2. The van der Waals surface area contributed by atoms with E-state index in [1.54, 1.807) is 13.0 Å². The van der Waals surface area contributed by atoms with Crippen molar-refractivity contribution in [1.29, 1.82) is 0 Å². The molecule has 0 bridgehead atoms. The summed E-state index contributed by atoms with van der Waals surface area (Å²) in [5.74, 6) is 0.896. The van der Waals surface area contributed by atoms with Crippen LogP contribution in [0.2, 0.25) is 0 Å². The minimum absolute atomic E-state index is 0. The SMILES string of the molecule is C.CC(C)(C)C1CC1.CCC.CCCF.Cc1cc(F)ccc1C(C)(C)C. The van der Waals surface area contributed by atoms with E-state index >= 15 is 0 Å². The van der Waals surface area contributed by atoms with Crippen LogP contribution in [-0.4, -0.2) is 6.67 Å². The Kier molecular flexibility index (Phi) is 17.2. The van der Waals surface area contributed by atoms with Crippen LogP contribution in [0.4, 0.5) is 8.78 Å². The molecule has 27 heavy (non-hydrogen) atoms. The maximum Gasteiger partial charge on any atom is 0.123 e. The molecule has 0 radical (unpaired) electrons. The van der Waals surface area contributed by atoms with Gasteiger partial charge in [0.1, 0.15) is 5.82 Å². The summed E-state index contributed by atoms with van der Waals surface area (Å²) < 4.78 is 23.5. The van der Waals surface area contributed by atoms with Gasteiger partial charge in [-0.2, -0.15) is 0 Å². The molecule has 0 atom stereocenters. The molecule has 1 saturated carbocycles. The quantitative estimate of drug-likeness (QED) is 0.451. The number of alkyl halides is 1. The smallest absolute Gasteiger partial charge is 0.123 e. The predicted octanol–water partition coefficient (Wildman–Crippen LogP) is 9.29. The fourth-order valence-electron chi connectivity index (χ4n) is 2.42. The van der Waals surface area contributed by atoms with Crippen molar-refractivity contribution in [3.63, 3.8) is 0 Å². The van der Waals surface area contributed by atoms with E-state index in [2.05, 4.69) is 55.4 Å². The van der Waals surface area contributed by atoms with Crippen LogP contribution in [0.3, 0.4) is 0 Å². The first kappa shape index (κ1) is 30.8. The Hall–Kier alpha value is -0.920. The Morgan fingerprint density at radius 1 is 0.963 bits per heavy atom. The molecular weight excluding hydrogens is 338 g/mol. The average molecular weight is 387 g/mol. The van der Waals surface area contributed by atoms with Gasteiger partial charge in [0.05, 0.1) is 6.67 Å². The van der Waals surface area contributed by atoms with Crippen molar-refractivity contribution >= 4 is 0 Å². The van der Waals surface area contributed by atoms with Gasteiger partial charge >= 0.3 is 0 Å². The molecule has 0 N–H and O–H groups in total. The van der Waals surface area contributed by atoms with Crippen molar-refractivity contribution in [2.75, 3.05) is 6.67 Å². The van der Waals surface area contributed by atoms with Crippen molar-refractivity contribution in [2.45, 2.75) is 108 Å². The molecule has 2 rings (SSSR count). The number of aryl methyl sites for hydroxylation is 1. The number of hydrogen-bond donors (Lipinski definition) is 0. The van der Waals surface area contributed by atoms with Crippen LogP contribution >= 0.6 is 0 Å². The van der Waals surface area contributed by atoms with Gasteiger partial charge in [-0.15, -0.1) is 0 Å². The van der Waals surface area contributed by atoms with Gasteiger partial charge in [-0.1, -0.05) is 82.2 Å². The third kappa shape index (κ3) is 16.9. The minimum atomic E-state index is -0.181. The summed E-state index contributed by atoms with van der Waals surface area (Å²) in [4.78, 5) is 0. The molecule has 0 saturated heterocycles. The van der Waals surface area contributed by atoms with E-state index in [-0.39, 0.29) is 25.3 Å². The molecule has 0 unspecified atom stereocenters. The molecule has 0 aliphatic heterocycles. The lowest BCUT2D eigenvalue weighted by atomic mass is 9.84. The highest BCUT2D eigenvalue weighted by molar-refractivity contribution is 5.32. The topological polar surface area (TPSA) is 0 Å². The van der Waals surface area contributed by atoms with Gasteiger partial charge < -0.3 is 0 Å². The summed E-state index contributed by atoms with van der Waals surface area (Å²) in [5.41, 5.74) is 2.96. The van der Waals surface area contributed by atoms with Gasteiger partial charge in [0.25, 0.3) is 0 Å². The molecule has 0 amide bonds. The van der Waals surface area contributed by atoms with E-state index in [1.165, 1.54) is 30.9 Å². The van der Waals surface area contributed by atoms with E-state index in [4.69, 9.17) is 0 Å². The molecule has 0 spiro atoms. The number of hydrogen-bond acceptors (Lipinski definition) is 0. The lowest BCUT2D eigenvalue weighted by Gasteiger charge is -2.21. The molecule has 1 aromatic rings. The lowest BCUT2D eigenvalue weighted by Crippen LogP contribution is -2.12. The summed E-state index contributed by atoms with van der Waals surface area (Å²) >= 11 is 0. The van der Waals surface area contributed by atoms with Gasteiger partial charge in [0.15, 0.2) is 0 Å². The van der Waals surface area contributed by atoms with Crippen LogP contribution in [0.5, 0.6) is 0 Å². The van der Waals surface area contributed by atoms with E-state index in [0.717, 1.165) is 11.5 Å². The summed E-state index contributed by atoms with van der Waals surface area (Å²) in [7, 11) is 0. The Morgan fingerprint density at radius 2 is 1.37 bits per heavy atom. The highest BCUT2D eigenvalue weighted by Gasteiger charge is 2.33. The predicted molar refractivity (Wildman–Crippen MR) is 121 cm³/mol. The van der Waals surface area contributed by atoms with Crippen molar-refractivity contribution in [2.24, 2.45) is 11.3 Å². The van der Waals surface area contributed by atoms with Gasteiger partial charge in [0.2, 0.25) is 0 Å². The third-order valence-corrected chi connectivity index (χ3v) is 3.99. The first-order valence-corrected chi connectivity index (χ1v) is 10.2. The molecule has 162 valence electrons. The second-order valence-electron chi connectivity index (χ2n) is 9.25. The fourth-order valence-corrected chi connectivity index (χ4v) is 2.42. The Bertz CT molecular complexity index is 458.